The largest absolute Gasteiger partial charge is 0.493 e. The van der Waals surface area contributed by atoms with Gasteiger partial charge in [0, 0.05) is 42.6 Å². The van der Waals surface area contributed by atoms with E-state index in [1.54, 1.807) is 18.3 Å². The van der Waals surface area contributed by atoms with Crippen LogP contribution in [0, 0.1) is 0 Å². The summed E-state index contributed by atoms with van der Waals surface area (Å²) in [6.07, 6.45) is 5.05. The molecule has 1 aliphatic heterocycles. The van der Waals surface area contributed by atoms with Gasteiger partial charge in [-0.2, -0.15) is 0 Å². The third-order valence-electron chi connectivity index (χ3n) is 4.82. The molecule has 0 radical (unpaired) electrons. The predicted octanol–water partition coefficient (Wildman–Crippen LogP) is 3.44. The van der Waals surface area contributed by atoms with E-state index in [2.05, 4.69) is 10.3 Å². The minimum Gasteiger partial charge on any atom is -0.493 e. The highest BCUT2D eigenvalue weighted by Crippen LogP contribution is 2.39. The van der Waals surface area contributed by atoms with Gasteiger partial charge in [0.15, 0.2) is 17.3 Å². The van der Waals surface area contributed by atoms with Crippen LogP contribution in [0.4, 0.5) is 5.69 Å². The monoisotopic (exact) mass is 410 g/mol. The van der Waals surface area contributed by atoms with E-state index < -0.39 is 0 Å². The minimum absolute atomic E-state index is 0.0731. The molecule has 0 spiro atoms. The van der Waals surface area contributed by atoms with Crippen LogP contribution in [0.2, 0.25) is 0 Å². The van der Waals surface area contributed by atoms with Crippen molar-refractivity contribution in [1.82, 2.24) is 0 Å². The third kappa shape index (κ3) is 4.46. The van der Waals surface area contributed by atoms with Gasteiger partial charge in [0.05, 0.1) is 27.0 Å². The van der Waals surface area contributed by atoms with Crippen molar-refractivity contribution in [2.75, 3.05) is 39.8 Å². The molecule has 1 heterocycles. The minimum atomic E-state index is -0.186. The van der Waals surface area contributed by atoms with Gasteiger partial charge in [-0.3, -0.25) is 9.79 Å². The first-order valence-electron chi connectivity index (χ1n) is 9.68. The fourth-order valence-electron chi connectivity index (χ4n) is 3.29. The number of hydrogen-bond donors (Lipinski definition) is 2. The van der Waals surface area contributed by atoms with Gasteiger partial charge in [-0.25, -0.2) is 0 Å². The van der Waals surface area contributed by atoms with Crippen molar-refractivity contribution in [3.8, 4) is 17.2 Å². The van der Waals surface area contributed by atoms with Crippen LogP contribution in [0.3, 0.4) is 0 Å². The molecule has 0 saturated carbocycles. The van der Waals surface area contributed by atoms with E-state index in [0.717, 1.165) is 17.7 Å². The Kier molecular flexibility index (Phi) is 7.08. The molecule has 7 nitrogen and oxygen atoms in total. The number of rotatable bonds is 10. The average molecular weight is 410 g/mol. The molecule has 3 rings (SSSR count). The van der Waals surface area contributed by atoms with E-state index in [-0.39, 0.29) is 12.4 Å². The Morgan fingerprint density at radius 3 is 2.40 bits per heavy atom. The smallest absolute Gasteiger partial charge is 0.203 e. The van der Waals surface area contributed by atoms with Gasteiger partial charge in [0.25, 0.3) is 0 Å². The molecule has 7 heteroatoms. The zero-order valence-corrected chi connectivity index (χ0v) is 17.4. The molecule has 2 N–H and O–H groups in total. The average Bonchev–Trinajstić information content (AvgIpc) is 3.32. The Morgan fingerprint density at radius 2 is 1.83 bits per heavy atom. The van der Waals surface area contributed by atoms with Crippen LogP contribution in [-0.4, -0.2) is 51.1 Å². The molecule has 0 aliphatic carbocycles. The van der Waals surface area contributed by atoms with Crippen molar-refractivity contribution in [2.24, 2.45) is 4.99 Å². The molecule has 30 heavy (non-hydrogen) atoms. The number of anilines is 1. The van der Waals surface area contributed by atoms with Gasteiger partial charge in [0.2, 0.25) is 5.75 Å². The second-order valence-electron chi connectivity index (χ2n) is 6.67. The number of ether oxygens (including phenoxy) is 3. The van der Waals surface area contributed by atoms with Crippen molar-refractivity contribution in [3.05, 3.63) is 59.3 Å². The summed E-state index contributed by atoms with van der Waals surface area (Å²) in [4.78, 5) is 17.9. The first kappa shape index (κ1) is 21.4. The lowest BCUT2D eigenvalue weighted by Gasteiger charge is -2.16. The van der Waals surface area contributed by atoms with Crippen molar-refractivity contribution in [1.29, 1.82) is 0 Å². The van der Waals surface area contributed by atoms with Gasteiger partial charge in [-0.1, -0.05) is 12.1 Å². The number of carbonyl (C=O) groups excluding carboxylic acids is 1. The Hall–Kier alpha value is -3.32. The zero-order valence-electron chi connectivity index (χ0n) is 17.4. The highest BCUT2D eigenvalue weighted by molar-refractivity contribution is 6.14. The van der Waals surface area contributed by atoms with E-state index in [4.69, 9.17) is 19.3 Å². The molecule has 0 atom stereocenters. The number of methoxy groups -OCH3 is 3. The molecule has 0 aromatic heterocycles. The van der Waals surface area contributed by atoms with E-state index >= 15 is 0 Å². The number of aliphatic hydroxyl groups is 1. The van der Waals surface area contributed by atoms with Gasteiger partial charge >= 0.3 is 0 Å². The summed E-state index contributed by atoms with van der Waals surface area (Å²) in [7, 11) is 4.55. The fourth-order valence-corrected chi connectivity index (χ4v) is 3.29. The Morgan fingerprint density at radius 1 is 1.10 bits per heavy atom. The van der Waals surface area contributed by atoms with Crippen molar-refractivity contribution < 1.29 is 24.1 Å². The SMILES string of the molecule is COc1cc(C(=O)c2cc(C3=NC=CC3)ccc2NCCCO)cc(OC)c1OC. The fraction of sp³-hybridized carbons (Fsp3) is 0.304. The van der Waals surface area contributed by atoms with E-state index in [0.29, 0.717) is 47.0 Å². The van der Waals surface area contributed by atoms with E-state index in [9.17, 15) is 4.79 Å². The van der Waals surface area contributed by atoms with E-state index in [1.807, 2.05) is 24.3 Å². The molecular formula is C23H26N2O5. The molecule has 1 aliphatic rings. The summed E-state index contributed by atoms with van der Waals surface area (Å²) in [6, 6.07) is 8.95. The molecule has 0 fully saturated rings. The van der Waals surface area contributed by atoms with Gasteiger partial charge in [-0.15, -0.1) is 0 Å². The van der Waals surface area contributed by atoms with Crippen LogP contribution in [-0.2, 0) is 0 Å². The van der Waals surface area contributed by atoms with E-state index in [1.165, 1.54) is 21.3 Å². The number of allylic oxidation sites excluding steroid dienone is 1. The maximum absolute atomic E-state index is 13.5. The number of carbonyl (C=O) groups is 1. The summed E-state index contributed by atoms with van der Waals surface area (Å²) < 4.78 is 16.1. The number of hydrogen-bond acceptors (Lipinski definition) is 7. The first-order chi connectivity index (χ1) is 14.6. The highest BCUT2D eigenvalue weighted by atomic mass is 16.5. The van der Waals surface area contributed by atoms with Crippen molar-refractivity contribution in [2.45, 2.75) is 12.8 Å². The Bertz CT molecular complexity index is 957. The van der Waals surface area contributed by atoms with Gasteiger partial charge in [-0.05, 0) is 36.2 Å². The number of aliphatic hydroxyl groups excluding tert-OH is 1. The normalized spacial score (nSPS) is 12.5. The topological polar surface area (TPSA) is 89.4 Å². The maximum Gasteiger partial charge on any atom is 0.203 e. The van der Waals surface area contributed by atoms with Gasteiger partial charge < -0.3 is 24.6 Å². The second-order valence-corrected chi connectivity index (χ2v) is 6.67. The standard InChI is InChI=1S/C23H26N2O5/c1-28-20-13-16(14-21(29-2)23(20)30-3)22(27)17-12-15(18-6-4-9-24-18)7-8-19(17)25-10-5-11-26/h4,7-9,12-14,25-26H,5-6,10-11H2,1-3H3. The molecule has 158 valence electrons. The van der Waals surface area contributed by atoms with Crippen LogP contribution >= 0.6 is 0 Å². The lowest BCUT2D eigenvalue weighted by molar-refractivity contribution is 0.103. The summed E-state index contributed by atoms with van der Waals surface area (Å²) in [5, 5.41) is 12.3. The van der Waals surface area contributed by atoms with Crippen LogP contribution in [0.1, 0.15) is 34.3 Å². The summed E-state index contributed by atoms with van der Waals surface area (Å²) in [5.41, 5.74) is 3.42. The molecule has 0 saturated heterocycles. The van der Waals surface area contributed by atoms with Crippen molar-refractivity contribution in [3.63, 3.8) is 0 Å². The zero-order chi connectivity index (χ0) is 21.5. The summed E-state index contributed by atoms with van der Waals surface area (Å²) in [5.74, 6) is 1.07. The molecule has 0 bridgehead atoms. The first-order valence-corrected chi connectivity index (χ1v) is 9.68. The highest BCUT2D eigenvalue weighted by Gasteiger charge is 2.21. The Balaban J connectivity index is 2.05. The molecule has 0 amide bonds. The van der Waals surface area contributed by atoms with Crippen LogP contribution in [0.5, 0.6) is 17.2 Å². The lowest BCUT2D eigenvalue weighted by atomic mass is 9.96. The third-order valence-corrected chi connectivity index (χ3v) is 4.82. The van der Waals surface area contributed by atoms with Crippen LogP contribution in [0.25, 0.3) is 0 Å². The van der Waals surface area contributed by atoms with Crippen LogP contribution in [0.15, 0.2) is 47.6 Å². The molecular weight excluding hydrogens is 384 g/mol. The van der Waals surface area contributed by atoms with Crippen LogP contribution < -0.4 is 19.5 Å². The summed E-state index contributed by atoms with van der Waals surface area (Å²) in [6.45, 7) is 0.623. The number of ketones is 1. The van der Waals surface area contributed by atoms with Gasteiger partial charge in [0.1, 0.15) is 0 Å². The number of nitrogens with one attached hydrogen (secondary N) is 1. The Labute approximate surface area is 176 Å². The second kappa shape index (κ2) is 9.93. The van der Waals surface area contributed by atoms with Crippen molar-refractivity contribution >= 4 is 17.2 Å². The summed E-state index contributed by atoms with van der Waals surface area (Å²) >= 11 is 0. The number of benzene rings is 2. The lowest BCUT2D eigenvalue weighted by Crippen LogP contribution is -2.12. The predicted molar refractivity (Wildman–Crippen MR) is 116 cm³/mol. The number of aliphatic imine (C=N–C) groups is 1. The quantitative estimate of drug-likeness (QED) is 0.461. The molecule has 2 aromatic carbocycles. The molecule has 0 unspecified atom stereocenters. The molecule has 2 aromatic rings. The number of nitrogens with zero attached hydrogens (tertiary/aromatic N) is 1. The maximum atomic E-state index is 13.5.